The minimum absolute atomic E-state index is 0.768. The second kappa shape index (κ2) is 3.91. The van der Waals surface area contributed by atoms with Gasteiger partial charge >= 0.3 is 7.48 Å². The Morgan fingerprint density at radius 1 is 1.36 bits per heavy atom. The van der Waals surface area contributed by atoms with Crippen molar-refractivity contribution in [3.05, 3.63) is 24.3 Å². The van der Waals surface area contributed by atoms with Crippen molar-refractivity contribution in [2.75, 3.05) is 5.73 Å². The van der Waals surface area contributed by atoms with E-state index in [4.69, 9.17) is 10.4 Å². The molecule has 0 aliphatic heterocycles. The van der Waals surface area contributed by atoms with Gasteiger partial charge < -0.3 is 10.4 Å². The summed E-state index contributed by atoms with van der Waals surface area (Å²) in [6.07, 6.45) is 1.03. The molecule has 0 saturated heterocycles. The van der Waals surface area contributed by atoms with E-state index >= 15 is 0 Å². The van der Waals surface area contributed by atoms with Crippen LogP contribution >= 0.6 is 0 Å². The van der Waals surface area contributed by atoms with Crippen LogP contribution in [0.5, 0.6) is 5.75 Å². The average molecular weight is 149 g/mol. The van der Waals surface area contributed by atoms with Gasteiger partial charge in [-0.15, -0.1) is 0 Å². The fraction of sp³-hybridized carbons (Fsp3) is 0.250. The number of rotatable bonds is 3. The molecule has 3 heteroatoms. The van der Waals surface area contributed by atoms with E-state index in [1.165, 1.54) is 0 Å². The van der Waals surface area contributed by atoms with Crippen LogP contribution < -0.4 is 10.4 Å². The standard InChI is InChI=1S/C8H12BNO/c1-2-9-11-8-5-3-7(10)4-6-8/h3-6,9H,2,10H2,1H3. The molecule has 58 valence electrons. The zero-order valence-electron chi connectivity index (χ0n) is 6.71. The van der Waals surface area contributed by atoms with Crippen LogP contribution in [0.25, 0.3) is 0 Å². The van der Waals surface area contributed by atoms with Gasteiger partial charge in [0.2, 0.25) is 0 Å². The topological polar surface area (TPSA) is 35.2 Å². The summed E-state index contributed by atoms with van der Waals surface area (Å²) in [5.41, 5.74) is 6.27. The first-order valence-electron chi connectivity index (χ1n) is 3.81. The summed E-state index contributed by atoms with van der Waals surface area (Å²) in [6, 6.07) is 7.44. The lowest BCUT2D eigenvalue weighted by atomic mass is 9.97. The average Bonchev–Trinajstić information content (AvgIpc) is 2.04. The number of anilines is 1. The first kappa shape index (κ1) is 7.99. The van der Waals surface area contributed by atoms with Crippen molar-refractivity contribution in [3.8, 4) is 5.75 Å². The zero-order chi connectivity index (χ0) is 8.10. The Hall–Kier alpha value is -1.12. The van der Waals surface area contributed by atoms with Crippen molar-refractivity contribution in [2.45, 2.75) is 13.2 Å². The lowest BCUT2D eigenvalue weighted by molar-refractivity contribution is 0.594. The molecular weight excluding hydrogens is 137 g/mol. The predicted molar refractivity (Wildman–Crippen MR) is 49.1 cm³/mol. The molecule has 1 rings (SSSR count). The molecule has 0 radical (unpaired) electrons. The van der Waals surface area contributed by atoms with Crippen molar-refractivity contribution in [1.29, 1.82) is 0 Å². The van der Waals surface area contributed by atoms with E-state index in [-0.39, 0.29) is 0 Å². The Bertz CT molecular complexity index is 210. The van der Waals surface area contributed by atoms with Crippen LogP contribution in [0.4, 0.5) is 5.69 Å². The molecule has 0 unspecified atom stereocenters. The van der Waals surface area contributed by atoms with Crippen LogP contribution in [0.2, 0.25) is 6.32 Å². The van der Waals surface area contributed by atoms with E-state index in [0.717, 1.165) is 25.2 Å². The SMILES string of the molecule is CCBOc1ccc(N)cc1. The third-order valence-corrected chi connectivity index (χ3v) is 1.35. The van der Waals surface area contributed by atoms with Crippen molar-refractivity contribution in [1.82, 2.24) is 0 Å². The van der Waals surface area contributed by atoms with Gasteiger partial charge in [-0.2, -0.15) is 0 Å². The van der Waals surface area contributed by atoms with Crippen molar-refractivity contribution < 1.29 is 4.65 Å². The Labute approximate surface area is 67.6 Å². The maximum absolute atomic E-state index is 5.50. The number of benzene rings is 1. The largest absolute Gasteiger partial charge is 0.564 e. The highest BCUT2D eigenvalue weighted by Crippen LogP contribution is 2.12. The number of nitrogen functional groups attached to an aromatic ring is 1. The van der Waals surface area contributed by atoms with Gasteiger partial charge in [0.05, 0.1) is 5.75 Å². The maximum atomic E-state index is 5.50. The molecule has 0 heterocycles. The fourth-order valence-corrected chi connectivity index (χ4v) is 0.784. The van der Waals surface area contributed by atoms with Crippen molar-refractivity contribution in [3.63, 3.8) is 0 Å². The molecule has 1 aromatic carbocycles. The number of nitrogens with two attached hydrogens (primary N) is 1. The van der Waals surface area contributed by atoms with Crippen LogP contribution in [0.1, 0.15) is 6.92 Å². The van der Waals surface area contributed by atoms with Crippen LogP contribution in [0, 0.1) is 0 Å². The molecule has 0 spiro atoms. The van der Waals surface area contributed by atoms with Crippen LogP contribution in [0.3, 0.4) is 0 Å². The van der Waals surface area contributed by atoms with E-state index < -0.39 is 0 Å². The molecular formula is C8H12BNO. The third-order valence-electron chi connectivity index (χ3n) is 1.35. The summed E-state index contributed by atoms with van der Waals surface area (Å²) >= 11 is 0. The summed E-state index contributed by atoms with van der Waals surface area (Å²) in [5.74, 6) is 0.890. The van der Waals surface area contributed by atoms with Crippen LogP contribution in [0.15, 0.2) is 24.3 Å². The lowest BCUT2D eigenvalue weighted by Crippen LogP contribution is -1.98. The first-order chi connectivity index (χ1) is 5.33. The highest BCUT2D eigenvalue weighted by molar-refractivity contribution is 6.28. The molecule has 0 aliphatic carbocycles. The first-order valence-corrected chi connectivity index (χ1v) is 3.81. The van der Waals surface area contributed by atoms with Gasteiger partial charge in [0.25, 0.3) is 0 Å². The Morgan fingerprint density at radius 3 is 2.55 bits per heavy atom. The van der Waals surface area contributed by atoms with Gasteiger partial charge in [0.15, 0.2) is 0 Å². The summed E-state index contributed by atoms with van der Waals surface area (Å²) < 4.78 is 5.35. The quantitative estimate of drug-likeness (QED) is 0.521. The number of hydrogen-bond acceptors (Lipinski definition) is 2. The molecule has 11 heavy (non-hydrogen) atoms. The molecule has 0 aromatic heterocycles. The third kappa shape index (κ3) is 2.54. The van der Waals surface area contributed by atoms with Gasteiger partial charge in [0.1, 0.15) is 0 Å². The second-order valence-corrected chi connectivity index (χ2v) is 2.42. The Morgan fingerprint density at radius 2 is 2.00 bits per heavy atom. The van der Waals surface area contributed by atoms with E-state index in [2.05, 4.69) is 6.92 Å². The molecule has 0 amide bonds. The van der Waals surface area contributed by atoms with Gasteiger partial charge in [-0.1, -0.05) is 6.92 Å². The monoisotopic (exact) mass is 149 g/mol. The smallest absolute Gasteiger partial charge is 0.339 e. The highest BCUT2D eigenvalue weighted by atomic mass is 16.4. The van der Waals surface area contributed by atoms with E-state index in [0.29, 0.717) is 0 Å². The maximum Gasteiger partial charge on any atom is 0.339 e. The summed E-state index contributed by atoms with van der Waals surface area (Å²) in [5, 5.41) is 0. The highest BCUT2D eigenvalue weighted by Gasteiger charge is 1.91. The summed E-state index contributed by atoms with van der Waals surface area (Å²) in [7, 11) is 0.768. The molecule has 0 bridgehead atoms. The van der Waals surface area contributed by atoms with Crippen molar-refractivity contribution in [2.24, 2.45) is 0 Å². The van der Waals surface area contributed by atoms with Gasteiger partial charge in [-0.3, -0.25) is 0 Å². The summed E-state index contributed by atoms with van der Waals surface area (Å²) in [6.45, 7) is 2.08. The summed E-state index contributed by atoms with van der Waals surface area (Å²) in [4.78, 5) is 0. The Kier molecular flexibility index (Phi) is 2.84. The van der Waals surface area contributed by atoms with Crippen molar-refractivity contribution >= 4 is 13.2 Å². The Balaban J connectivity index is 2.52. The van der Waals surface area contributed by atoms with Gasteiger partial charge in [0, 0.05) is 5.69 Å². The number of hydrogen-bond donors (Lipinski definition) is 1. The van der Waals surface area contributed by atoms with Crippen LogP contribution in [-0.2, 0) is 0 Å². The zero-order valence-corrected chi connectivity index (χ0v) is 6.71. The molecule has 2 N–H and O–H groups in total. The van der Waals surface area contributed by atoms with E-state index in [9.17, 15) is 0 Å². The van der Waals surface area contributed by atoms with E-state index in [1.54, 1.807) is 0 Å². The van der Waals surface area contributed by atoms with Gasteiger partial charge in [-0.25, -0.2) is 0 Å². The second-order valence-electron chi connectivity index (χ2n) is 2.42. The van der Waals surface area contributed by atoms with Gasteiger partial charge in [-0.05, 0) is 30.6 Å². The predicted octanol–water partition coefficient (Wildman–Crippen LogP) is 1.44. The molecule has 0 fully saturated rings. The van der Waals surface area contributed by atoms with E-state index in [1.807, 2.05) is 24.3 Å². The normalized spacial score (nSPS) is 9.18. The fourth-order valence-electron chi connectivity index (χ4n) is 0.784. The minimum atomic E-state index is 0.768. The van der Waals surface area contributed by atoms with Crippen LogP contribution in [-0.4, -0.2) is 7.48 Å². The molecule has 0 atom stereocenters. The molecule has 0 saturated carbocycles. The lowest BCUT2D eigenvalue weighted by Gasteiger charge is -2.02. The molecule has 2 nitrogen and oxygen atoms in total. The molecule has 0 aliphatic rings. The molecule has 1 aromatic rings. The minimum Gasteiger partial charge on any atom is -0.564 e.